The monoisotopic (exact) mass is 287 g/mol. The van der Waals surface area contributed by atoms with Crippen molar-refractivity contribution in [3.8, 4) is 5.75 Å². The van der Waals surface area contributed by atoms with Gasteiger partial charge in [-0.1, -0.05) is 24.3 Å². The van der Waals surface area contributed by atoms with Gasteiger partial charge < -0.3 is 10.1 Å². The van der Waals surface area contributed by atoms with E-state index >= 15 is 0 Å². The fourth-order valence-electron chi connectivity index (χ4n) is 2.58. The third-order valence-electron chi connectivity index (χ3n) is 3.99. The molecule has 2 aromatic rings. The Labute approximate surface area is 126 Å². The van der Waals surface area contributed by atoms with E-state index in [1.54, 1.807) is 7.11 Å². The molecule has 1 N–H and O–H groups in total. The molecule has 0 aromatic heterocycles. The number of halogens is 1. The summed E-state index contributed by atoms with van der Waals surface area (Å²) in [5.74, 6) is 0.722. The average Bonchev–Trinajstić information content (AvgIpc) is 2.49. The largest absolute Gasteiger partial charge is 0.496 e. The quantitative estimate of drug-likeness (QED) is 0.899. The second-order valence-electron chi connectivity index (χ2n) is 5.30. The lowest BCUT2D eigenvalue weighted by atomic mass is 9.94. The number of ether oxygens (including phenoxy) is 1. The fourth-order valence-corrected chi connectivity index (χ4v) is 2.58. The number of rotatable bonds is 5. The van der Waals surface area contributed by atoms with Gasteiger partial charge in [0.25, 0.3) is 0 Å². The van der Waals surface area contributed by atoms with Crippen molar-refractivity contribution in [3.63, 3.8) is 0 Å². The van der Waals surface area contributed by atoms with E-state index in [0.717, 1.165) is 28.9 Å². The van der Waals surface area contributed by atoms with Crippen LogP contribution in [-0.4, -0.2) is 14.2 Å². The number of benzene rings is 2. The van der Waals surface area contributed by atoms with E-state index in [-0.39, 0.29) is 11.9 Å². The van der Waals surface area contributed by atoms with Crippen molar-refractivity contribution in [1.82, 2.24) is 5.32 Å². The second-order valence-corrected chi connectivity index (χ2v) is 5.30. The Morgan fingerprint density at radius 2 is 1.76 bits per heavy atom. The molecule has 0 aliphatic rings. The van der Waals surface area contributed by atoms with Crippen LogP contribution < -0.4 is 10.1 Å². The first-order valence-electron chi connectivity index (χ1n) is 7.12. The predicted molar refractivity (Wildman–Crippen MR) is 84.4 cm³/mol. The number of nitrogens with one attached hydrogen (secondary N) is 1. The molecule has 3 heteroatoms. The number of hydrogen-bond donors (Lipinski definition) is 1. The van der Waals surface area contributed by atoms with E-state index in [1.807, 2.05) is 19.2 Å². The van der Waals surface area contributed by atoms with E-state index in [1.165, 1.54) is 17.7 Å². The van der Waals surface area contributed by atoms with Crippen molar-refractivity contribution in [2.24, 2.45) is 0 Å². The second kappa shape index (κ2) is 6.72. The zero-order chi connectivity index (χ0) is 15.4. The van der Waals surface area contributed by atoms with Crippen LogP contribution >= 0.6 is 0 Å². The van der Waals surface area contributed by atoms with Crippen molar-refractivity contribution < 1.29 is 9.13 Å². The summed E-state index contributed by atoms with van der Waals surface area (Å²) in [4.78, 5) is 0. The molecule has 2 rings (SSSR count). The van der Waals surface area contributed by atoms with Gasteiger partial charge in [0.1, 0.15) is 11.6 Å². The number of aryl methyl sites for hydroxylation is 1. The van der Waals surface area contributed by atoms with E-state index in [4.69, 9.17) is 4.74 Å². The van der Waals surface area contributed by atoms with E-state index < -0.39 is 0 Å². The van der Waals surface area contributed by atoms with Crippen LogP contribution in [0.1, 0.15) is 28.3 Å². The van der Waals surface area contributed by atoms with Crippen LogP contribution in [0.25, 0.3) is 0 Å². The summed E-state index contributed by atoms with van der Waals surface area (Å²) in [6.45, 7) is 4.15. The minimum Gasteiger partial charge on any atom is -0.496 e. The fraction of sp³-hybridized carbons (Fsp3) is 0.333. The van der Waals surface area contributed by atoms with Gasteiger partial charge in [0.05, 0.1) is 7.11 Å². The van der Waals surface area contributed by atoms with Crippen LogP contribution in [0.15, 0.2) is 36.4 Å². The molecule has 21 heavy (non-hydrogen) atoms. The summed E-state index contributed by atoms with van der Waals surface area (Å²) < 4.78 is 18.6. The summed E-state index contributed by atoms with van der Waals surface area (Å²) in [7, 11) is 3.64. The van der Waals surface area contributed by atoms with Gasteiger partial charge in [-0.25, -0.2) is 4.39 Å². The zero-order valence-corrected chi connectivity index (χ0v) is 13.0. The lowest BCUT2D eigenvalue weighted by Crippen LogP contribution is -2.20. The van der Waals surface area contributed by atoms with Crippen LogP contribution in [0, 0.1) is 19.7 Å². The van der Waals surface area contributed by atoms with Crippen LogP contribution in [0.4, 0.5) is 4.39 Å². The smallest absolute Gasteiger partial charge is 0.126 e. The van der Waals surface area contributed by atoms with Crippen molar-refractivity contribution in [2.45, 2.75) is 26.3 Å². The number of likely N-dealkylation sites (N-methyl/N-ethyl adjacent to an activating group) is 1. The molecule has 0 amide bonds. The Bertz CT molecular complexity index is 607. The minimum atomic E-state index is -0.205. The first-order valence-corrected chi connectivity index (χ1v) is 7.12. The van der Waals surface area contributed by atoms with Crippen LogP contribution in [0.3, 0.4) is 0 Å². The van der Waals surface area contributed by atoms with Gasteiger partial charge in [0.15, 0.2) is 0 Å². The Kier molecular flexibility index (Phi) is 4.97. The molecule has 0 heterocycles. The molecule has 1 unspecified atom stereocenters. The van der Waals surface area contributed by atoms with Gasteiger partial charge in [-0.15, -0.1) is 0 Å². The van der Waals surface area contributed by atoms with E-state index in [2.05, 4.69) is 31.3 Å². The van der Waals surface area contributed by atoms with Crippen molar-refractivity contribution in [2.75, 3.05) is 14.2 Å². The highest BCUT2D eigenvalue weighted by Crippen LogP contribution is 2.32. The molecular formula is C18H22FNO. The van der Waals surface area contributed by atoms with Crippen molar-refractivity contribution >= 4 is 0 Å². The molecule has 0 radical (unpaired) electrons. The standard InChI is InChI=1S/C18H22FNO/c1-12-5-10-16(18(21-4)13(12)2)17(20-3)11-14-6-8-15(19)9-7-14/h5-10,17,20H,11H2,1-4H3. The molecule has 0 aliphatic heterocycles. The summed E-state index contributed by atoms with van der Waals surface area (Å²) in [6, 6.07) is 11.0. The zero-order valence-electron chi connectivity index (χ0n) is 13.0. The Morgan fingerprint density at radius 1 is 1.10 bits per heavy atom. The molecule has 1 atom stereocenters. The lowest BCUT2D eigenvalue weighted by Gasteiger charge is -2.22. The minimum absolute atomic E-state index is 0.129. The van der Waals surface area contributed by atoms with Gasteiger partial charge in [0.2, 0.25) is 0 Å². The molecule has 0 bridgehead atoms. The molecule has 0 aliphatic carbocycles. The van der Waals surface area contributed by atoms with Gasteiger partial charge in [0, 0.05) is 11.6 Å². The normalized spacial score (nSPS) is 12.2. The third-order valence-corrected chi connectivity index (χ3v) is 3.99. The number of hydrogen-bond acceptors (Lipinski definition) is 2. The highest BCUT2D eigenvalue weighted by atomic mass is 19.1. The van der Waals surface area contributed by atoms with Crippen LogP contribution in [0.5, 0.6) is 5.75 Å². The maximum absolute atomic E-state index is 13.0. The molecule has 0 fully saturated rings. The molecule has 2 nitrogen and oxygen atoms in total. The molecule has 0 spiro atoms. The van der Waals surface area contributed by atoms with Crippen LogP contribution in [0.2, 0.25) is 0 Å². The Morgan fingerprint density at radius 3 is 2.33 bits per heavy atom. The summed E-state index contributed by atoms with van der Waals surface area (Å²) in [5.41, 5.74) is 4.60. The highest BCUT2D eigenvalue weighted by Gasteiger charge is 2.17. The topological polar surface area (TPSA) is 21.3 Å². The van der Waals surface area contributed by atoms with E-state index in [9.17, 15) is 4.39 Å². The predicted octanol–water partition coefficient (Wildman–Crippen LogP) is 3.95. The van der Waals surface area contributed by atoms with Gasteiger partial charge >= 0.3 is 0 Å². The maximum Gasteiger partial charge on any atom is 0.126 e. The van der Waals surface area contributed by atoms with Gasteiger partial charge in [-0.3, -0.25) is 0 Å². The molecule has 2 aromatic carbocycles. The average molecular weight is 287 g/mol. The SMILES string of the molecule is CNC(Cc1ccc(F)cc1)c1ccc(C)c(C)c1OC. The molecule has 112 valence electrons. The lowest BCUT2D eigenvalue weighted by molar-refractivity contribution is 0.397. The van der Waals surface area contributed by atoms with Gasteiger partial charge in [-0.2, -0.15) is 0 Å². The number of methoxy groups -OCH3 is 1. The Hall–Kier alpha value is -1.87. The summed E-state index contributed by atoms with van der Waals surface area (Å²) >= 11 is 0. The van der Waals surface area contributed by atoms with Crippen LogP contribution in [-0.2, 0) is 6.42 Å². The summed E-state index contributed by atoms with van der Waals surface area (Å²) in [6.07, 6.45) is 0.787. The first kappa shape index (κ1) is 15.5. The van der Waals surface area contributed by atoms with Crippen molar-refractivity contribution in [3.05, 3.63) is 64.5 Å². The van der Waals surface area contributed by atoms with E-state index in [0.29, 0.717) is 0 Å². The first-order chi connectivity index (χ1) is 10.1. The van der Waals surface area contributed by atoms with Crippen molar-refractivity contribution in [1.29, 1.82) is 0 Å². The maximum atomic E-state index is 13.0. The molecular weight excluding hydrogens is 265 g/mol. The Balaban J connectivity index is 2.33. The van der Waals surface area contributed by atoms with Gasteiger partial charge in [-0.05, 0) is 56.1 Å². The molecule has 0 saturated carbocycles. The molecule has 0 saturated heterocycles. The highest BCUT2D eigenvalue weighted by molar-refractivity contribution is 5.47. The summed E-state index contributed by atoms with van der Waals surface area (Å²) in [5, 5.41) is 3.33. The third kappa shape index (κ3) is 3.42.